The molecule has 0 amide bonds. The van der Waals surface area contributed by atoms with Crippen LogP contribution >= 0.6 is 22.6 Å². The molecule has 1 heterocycles. The van der Waals surface area contributed by atoms with Crippen LogP contribution in [0.4, 0.5) is 0 Å². The smallest absolute Gasteiger partial charge is 0.0610 e. The highest BCUT2D eigenvalue weighted by Crippen LogP contribution is 2.15. The van der Waals surface area contributed by atoms with Gasteiger partial charge in [0.1, 0.15) is 0 Å². The van der Waals surface area contributed by atoms with E-state index < -0.39 is 0 Å². The van der Waals surface area contributed by atoms with E-state index in [9.17, 15) is 0 Å². The predicted octanol–water partition coefficient (Wildman–Crippen LogP) is 0.847. The zero-order valence-corrected chi connectivity index (χ0v) is 7.76. The van der Waals surface area contributed by atoms with Crippen molar-refractivity contribution < 1.29 is 0 Å². The maximum atomic E-state index is 5.77. The summed E-state index contributed by atoms with van der Waals surface area (Å²) >= 11 is 2.40. The first kappa shape index (κ1) is 7.75. The van der Waals surface area contributed by atoms with Gasteiger partial charge in [-0.3, -0.25) is 0 Å². The van der Waals surface area contributed by atoms with Gasteiger partial charge in [0.2, 0.25) is 0 Å². The normalized spacial score (nSPS) is 45.0. The summed E-state index contributed by atoms with van der Waals surface area (Å²) in [6.07, 6.45) is 2.24. The number of nitrogens with one attached hydrogen (secondary N) is 1. The quantitative estimate of drug-likeness (QED) is 0.374. The van der Waals surface area contributed by atoms with Crippen LogP contribution in [0, 0.1) is 0 Å². The molecule has 1 fully saturated rings. The molecule has 0 saturated carbocycles. The molecule has 3 N–H and O–H groups in total. The molecule has 1 aliphatic heterocycles. The zero-order valence-electron chi connectivity index (χ0n) is 5.60. The average molecular weight is 240 g/mol. The Balaban J connectivity index is 2.34. The third kappa shape index (κ3) is 2.39. The van der Waals surface area contributed by atoms with Crippen molar-refractivity contribution in [2.24, 2.45) is 5.73 Å². The summed E-state index contributed by atoms with van der Waals surface area (Å²) in [4.78, 5) is 0. The first-order valence-corrected chi connectivity index (χ1v) is 4.58. The molecule has 0 aromatic rings. The minimum absolute atomic E-state index is 0.420. The van der Waals surface area contributed by atoms with E-state index >= 15 is 0 Å². The lowest BCUT2D eigenvalue weighted by atomic mass is 10.0. The van der Waals surface area contributed by atoms with E-state index in [1.165, 1.54) is 0 Å². The Morgan fingerprint density at radius 2 is 2.22 bits per heavy atom. The second kappa shape index (κ2) is 3.16. The Kier molecular flexibility index (Phi) is 2.73. The van der Waals surface area contributed by atoms with E-state index in [2.05, 4.69) is 34.8 Å². The van der Waals surface area contributed by atoms with Gasteiger partial charge in [0.15, 0.2) is 0 Å². The Bertz CT molecular complexity index is 72.0. The van der Waals surface area contributed by atoms with Crippen LogP contribution in [-0.4, -0.2) is 16.1 Å². The molecule has 54 valence electrons. The Hall–Kier alpha value is 0.650. The fraction of sp³-hybridized carbons (Fsp3) is 1.00. The SMILES string of the molecule is CC1CC(N)C[C@@H](I)N1. The molecule has 0 aromatic heterocycles. The van der Waals surface area contributed by atoms with Gasteiger partial charge in [-0.05, 0) is 19.8 Å². The summed E-state index contributed by atoms with van der Waals surface area (Å²) in [6.45, 7) is 2.19. The van der Waals surface area contributed by atoms with Crippen LogP contribution in [0.3, 0.4) is 0 Å². The molecule has 2 unspecified atom stereocenters. The fourth-order valence-electron chi connectivity index (χ4n) is 1.26. The first-order chi connectivity index (χ1) is 4.18. The molecule has 3 heteroatoms. The molecule has 0 aromatic carbocycles. The van der Waals surface area contributed by atoms with Crippen LogP contribution in [0.5, 0.6) is 0 Å². The van der Waals surface area contributed by atoms with Gasteiger partial charge in [0.05, 0.1) is 4.05 Å². The zero-order chi connectivity index (χ0) is 6.85. The minimum Gasteiger partial charge on any atom is -0.328 e. The van der Waals surface area contributed by atoms with Gasteiger partial charge in [0.25, 0.3) is 0 Å². The lowest BCUT2D eigenvalue weighted by Crippen LogP contribution is -2.45. The van der Waals surface area contributed by atoms with E-state index in [1.807, 2.05) is 0 Å². The van der Waals surface area contributed by atoms with Crippen LogP contribution in [0.1, 0.15) is 19.8 Å². The van der Waals surface area contributed by atoms with Crippen molar-refractivity contribution in [1.82, 2.24) is 5.32 Å². The van der Waals surface area contributed by atoms with Crippen LogP contribution in [0.15, 0.2) is 0 Å². The van der Waals surface area contributed by atoms with Crippen LogP contribution in [0.2, 0.25) is 0 Å². The lowest BCUT2D eigenvalue weighted by molar-refractivity contribution is 0.370. The molecule has 9 heavy (non-hydrogen) atoms. The summed E-state index contributed by atoms with van der Waals surface area (Å²) in [5.41, 5.74) is 5.77. The van der Waals surface area contributed by atoms with Crippen molar-refractivity contribution in [1.29, 1.82) is 0 Å². The summed E-state index contributed by atoms with van der Waals surface area (Å²) in [7, 11) is 0. The van der Waals surface area contributed by atoms with Crippen LogP contribution in [-0.2, 0) is 0 Å². The molecule has 3 atom stereocenters. The predicted molar refractivity (Wildman–Crippen MR) is 47.6 cm³/mol. The summed E-state index contributed by atoms with van der Waals surface area (Å²) in [6, 6.07) is 1.03. The highest BCUT2D eigenvalue weighted by molar-refractivity contribution is 14.1. The van der Waals surface area contributed by atoms with E-state index in [0.717, 1.165) is 12.8 Å². The van der Waals surface area contributed by atoms with Gasteiger partial charge >= 0.3 is 0 Å². The standard InChI is InChI=1S/C6H13IN2/c1-4-2-5(8)3-6(7)9-4/h4-6,9H,2-3,8H2,1H3/t4?,5?,6-/m0/s1. The maximum Gasteiger partial charge on any atom is 0.0610 e. The number of nitrogens with two attached hydrogens (primary N) is 1. The molecule has 0 radical (unpaired) electrons. The second-order valence-electron chi connectivity index (χ2n) is 2.77. The van der Waals surface area contributed by atoms with Gasteiger partial charge < -0.3 is 11.1 Å². The molecule has 0 spiro atoms. The third-order valence-electron chi connectivity index (χ3n) is 1.63. The first-order valence-electron chi connectivity index (χ1n) is 3.34. The van der Waals surface area contributed by atoms with Gasteiger partial charge in [0, 0.05) is 12.1 Å². The van der Waals surface area contributed by atoms with Crippen molar-refractivity contribution in [2.45, 2.75) is 35.9 Å². The average Bonchev–Trinajstić information content (AvgIpc) is 1.59. The molecule has 1 rings (SSSR count). The monoisotopic (exact) mass is 240 g/mol. The molecule has 0 bridgehead atoms. The maximum absolute atomic E-state index is 5.77. The van der Waals surface area contributed by atoms with Crippen LogP contribution < -0.4 is 11.1 Å². The minimum atomic E-state index is 0.420. The van der Waals surface area contributed by atoms with Crippen LogP contribution in [0.25, 0.3) is 0 Å². The van der Waals surface area contributed by atoms with Crippen molar-refractivity contribution >= 4 is 22.6 Å². The second-order valence-corrected chi connectivity index (χ2v) is 4.27. The number of rotatable bonds is 0. The molecule has 1 aliphatic rings. The van der Waals surface area contributed by atoms with Crippen molar-refractivity contribution in [3.8, 4) is 0 Å². The number of piperidine rings is 1. The topological polar surface area (TPSA) is 38.0 Å². The Morgan fingerprint density at radius 3 is 2.67 bits per heavy atom. The summed E-state index contributed by atoms with van der Waals surface area (Å²) < 4.78 is 0.585. The molecular formula is C6H13IN2. The van der Waals surface area contributed by atoms with Gasteiger partial charge in [-0.25, -0.2) is 0 Å². The van der Waals surface area contributed by atoms with Crippen molar-refractivity contribution in [3.63, 3.8) is 0 Å². The van der Waals surface area contributed by atoms with Crippen molar-refractivity contribution in [3.05, 3.63) is 0 Å². The highest BCUT2D eigenvalue weighted by atomic mass is 127. The Labute approximate surface area is 69.7 Å². The largest absolute Gasteiger partial charge is 0.328 e. The summed E-state index contributed by atoms with van der Waals surface area (Å²) in [5, 5.41) is 3.42. The van der Waals surface area contributed by atoms with E-state index in [4.69, 9.17) is 5.73 Å². The van der Waals surface area contributed by atoms with E-state index in [1.54, 1.807) is 0 Å². The third-order valence-corrected chi connectivity index (χ3v) is 2.50. The number of hydrogen-bond donors (Lipinski definition) is 2. The molecule has 2 nitrogen and oxygen atoms in total. The number of hydrogen-bond acceptors (Lipinski definition) is 2. The molecule has 0 aliphatic carbocycles. The van der Waals surface area contributed by atoms with Gasteiger partial charge in [-0.2, -0.15) is 0 Å². The Morgan fingerprint density at radius 1 is 1.56 bits per heavy atom. The van der Waals surface area contributed by atoms with E-state index in [0.29, 0.717) is 16.1 Å². The fourth-order valence-corrected chi connectivity index (χ4v) is 2.53. The van der Waals surface area contributed by atoms with Gasteiger partial charge in [-0.1, -0.05) is 22.6 Å². The summed E-state index contributed by atoms with van der Waals surface area (Å²) in [5.74, 6) is 0. The van der Waals surface area contributed by atoms with E-state index in [-0.39, 0.29) is 0 Å². The molecular weight excluding hydrogens is 227 g/mol. The highest BCUT2D eigenvalue weighted by Gasteiger charge is 2.20. The molecule has 1 saturated heterocycles. The van der Waals surface area contributed by atoms with Gasteiger partial charge in [-0.15, -0.1) is 0 Å². The van der Waals surface area contributed by atoms with Crippen molar-refractivity contribution in [2.75, 3.05) is 0 Å². The number of halogens is 1. The lowest BCUT2D eigenvalue weighted by Gasteiger charge is -2.29. The number of alkyl halides is 1.